The summed E-state index contributed by atoms with van der Waals surface area (Å²) in [6, 6.07) is 16.0. The molecule has 1 aliphatic heterocycles. The van der Waals surface area contributed by atoms with Crippen LogP contribution in [0.3, 0.4) is 0 Å². The van der Waals surface area contributed by atoms with Crippen molar-refractivity contribution in [3.63, 3.8) is 0 Å². The number of imide groups is 1. The van der Waals surface area contributed by atoms with Gasteiger partial charge in [-0.1, -0.05) is 43.3 Å². The number of carbonyl (C=O) groups is 3. The van der Waals surface area contributed by atoms with Gasteiger partial charge in [0.1, 0.15) is 6.54 Å². The van der Waals surface area contributed by atoms with E-state index in [-0.39, 0.29) is 6.54 Å². The lowest BCUT2D eigenvalue weighted by Gasteiger charge is -2.15. The van der Waals surface area contributed by atoms with E-state index in [4.69, 9.17) is 0 Å². The van der Waals surface area contributed by atoms with E-state index < -0.39 is 17.1 Å². The average molecular weight is 488 g/mol. The Hall–Kier alpha value is -3.58. The minimum absolute atomic E-state index is 0.318. The Bertz CT molecular complexity index is 1350. The molecule has 2 heterocycles. The van der Waals surface area contributed by atoms with Crippen molar-refractivity contribution >= 4 is 40.6 Å². The first kappa shape index (κ1) is 24.5. The zero-order valence-electron chi connectivity index (χ0n) is 20.6. The van der Waals surface area contributed by atoms with Gasteiger partial charge < -0.3 is 9.88 Å². The molecule has 1 N–H and O–H groups in total. The van der Waals surface area contributed by atoms with Crippen LogP contribution in [0.15, 0.2) is 53.4 Å². The Morgan fingerprint density at radius 1 is 1.00 bits per heavy atom. The van der Waals surface area contributed by atoms with Crippen LogP contribution in [0, 0.1) is 27.7 Å². The summed E-state index contributed by atoms with van der Waals surface area (Å²) in [5.41, 5.74) is 7.81. The van der Waals surface area contributed by atoms with E-state index in [2.05, 4.69) is 28.9 Å². The number of rotatable bonds is 6. The van der Waals surface area contributed by atoms with Gasteiger partial charge >= 0.3 is 0 Å². The Morgan fingerprint density at radius 2 is 1.69 bits per heavy atom. The van der Waals surface area contributed by atoms with Crippen LogP contribution < -0.4 is 5.32 Å². The molecule has 0 saturated carbocycles. The van der Waals surface area contributed by atoms with Crippen LogP contribution in [-0.4, -0.2) is 33.1 Å². The Labute approximate surface area is 210 Å². The average Bonchev–Trinajstić information content (AvgIpc) is 3.25. The molecule has 180 valence electrons. The summed E-state index contributed by atoms with van der Waals surface area (Å²) in [7, 11) is 0. The van der Waals surface area contributed by atoms with Crippen LogP contribution in [0.2, 0.25) is 0 Å². The fourth-order valence-corrected chi connectivity index (χ4v) is 5.27. The number of para-hydroxylation sites is 2. The molecule has 35 heavy (non-hydrogen) atoms. The van der Waals surface area contributed by atoms with E-state index in [1.54, 1.807) is 6.08 Å². The number of nitrogens with one attached hydrogen (secondary N) is 1. The first-order valence-electron chi connectivity index (χ1n) is 11.6. The van der Waals surface area contributed by atoms with Gasteiger partial charge in [-0.15, -0.1) is 0 Å². The molecule has 0 atom stereocenters. The molecule has 0 unspecified atom stereocenters. The highest BCUT2D eigenvalue weighted by molar-refractivity contribution is 8.18. The van der Waals surface area contributed by atoms with Gasteiger partial charge in [0.05, 0.1) is 4.91 Å². The monoisotopic (exact) mass is 487 g/mol. The number of hydrogen-bond donors (Lipinski definition) is 1. The van der Waals surface area contributed by atoms with E-state index in [1.165, 1.54) is 5.56 Å². The quantitative estimate of drug-likeness (QED) is 0.436. The highest BCUT2D eigenvalue weighted by Gasteiger charge is 2.36. The number of aryl methyl sites for hydroxylation is 4. The summed E-state index contributed by atoms with van der Waals surface area (Å²) < 4.78 is 2.17. The van der Waals surface area contributed by atoms with Crippen molar-refractivity contribution in [1.29, 1.82) is 0 Å². The van der Waals surface area contributed by atoms with Gasteiger partial charge in [0.15, 0.2) is 0 Å². The van der Waals surface area contributed by atoms with E-state index in [9.17, 15) is 14.4 Å². The van der Waals surface area contributed by atoms with Crippen molar-refractivity contribution in [3.05, 3.63) is 87.1 Å². The second-order valence-corrected chi connectivity index (χ2v) is 9.72. The van der Waals surface area contributed by atoms with E-state index in [0.29, 0.717) is 10.6 Å². The second kappa shape index (κ2) is 9.96. The summed E-state index contributed by atoms with van der Waals surface area (Å²) in [5, 5.41) is 2.40. The van der Waals surface area contributed by atoms with Gasteiger partial charge in [-0.3, -0.25) is 19.3 Å². The van der Waals surface area contributed by atoms with Crippen LogP contribution in [0.4, 0.5) is 10.5 Å². The summed E-state index contributed by atoms with van der Waals surface area (Å²) >= 11 is 0.868. The smallest absolute Gasteiger partial charge is 0.294 e. The van der Waals surface area contributed by atoms with Crippen LogP contribution in [0.1, 0.15) is 40.6 Å². The molecule has 4 rings (SSSR count). The first-order valence-corrected chi connectivity index (χ1v) is 12.4. The van der Waals surface area contributed by atoms with Gasteiger partial charge in [0.25, 0.3) is 11.1 Å². The Balaban J connectivity index is 1.56. The molecule has 1 saturated heterocycles. The molecular weight excluding hydrogens is 458 g/mol. The molecule has 1 aliphatic rings. The van der Waals surface area contributed by atoms with Gasteiger partial charge in [-0.05, 0) is 86.3 Å². The molecule has 1 aromatic heterocycles. The van der Waals surface area contributed by atoms with Gasteiger partial charge in [-0.25, -0.2) is 0 Å². The number of anilines is 1. The molecule has 1 fully saturated rings. The van der Waals surface area contributed by atoms with Gasteiger partial charge in [0, 0.05) is 22.8 Å². The third-order valence-electron chi connectivity index (χ3n) is 6.29. The van der Waals surface area contributed by atoms with Gasteiger partial charge in [0.2, 0.25) is 5.91 Å². The van der Waals surface area contributed by atoms with E-state index in [1.807, 2.05) is 64.1 Å². The minimum Gasteiger partial charge on any atom is -0.324 e. The lowest BCUT2D eigenvalue weighted by Crippen LogP contribution is -2.36. The molecule has 3 amide bonds. The van der Waals surface area contributed by atoms with Crippen molar-refractivity contribution < 1.29 is 14.4 Å². The largest absolute Gasteiger partial charge is 0.324 e. The Morgan fingerprint density at radius 3 is 2.37 bits per heavy atom. The molecule has 0 spiro atoms. The van der Waals surface area contributed by atoms with Crippen molar-refractivity contribution in [1.82, 2.24) is 9.47 Å². The number of thioether (sulfide) groups is 1. The maximum absolute atomic E-state index is 13.0. The van der Waals surface area contributed by atoms with Gasteiger partial charge in [-0.2, -0.15) is 0 Å². The first-order chi connectivity index (χ1) is 16.7. The number of aromatic nitrogens is 1. The highest BCUT2D eigenvalue weighted by atomic mass is 32.2. The lowest BCUT2D eigenvalue weighted by atomic mass is 10.1. The normalized spacial score (nSPS) is 14.8. The van der Waals surface area contributed by atoms with Crippen LogP contribution in [0.5, 0.6) is 0 Å². The topological polar surface area (TPSA) is 71.4 Å². The fraction of sp³-hybridized carbons (Fsp3) is 0.250. The third-order valence-corrected chi connectivity index (χ3v) is 7.20. The number of amides is 3. The zero-order chi connectivity index (χ0) is 25.3. The van der Waals surface area contributed by atoms with Crippen LogP contribution in [0.25, 0.3) is 11.8 Å². The Kier molecular flexibility index (Phi) is 6.98. The van der Waals surface area contributed by atoms with Crippen molar-refractivity contribution in [2.75, 3.05) is 11.9 Å². The fourth-order valence-electron chi connectivity index (χ4n) is 4.44. The summed E-state index contributed by atoms with van der Waals surface area (Å²) in [4.78, 5) is 39.6. The molecule has 6 nitrogen and oxygen atoms in total. The predicted octanol–water partition coefficient (Wildman–Crippen LogP) is 5.95. The van der Waals surface area contributed by atoms with Crippen LogP contribution in [-0.2, 0) is 16.0 Å². The number of benzene rings is 2. The number of carbonyl (C=O) groups excluding carboxylic acids is 3. The molecule has 0 radical (unpaired) electrons. The number of nitrogens with zero attached hydrogens (tertiary/aromatic N) is 2. The van der Waals surface area contributed by atoms with Crippen molar-refractivity contribution in [2.45, 2.75) is 41.0 Å². The summed E-state index contributed by atoms with van der Waals surface area (Å²) in [5.74, 6) is -0.851. The second-order valence-electron chi connectivity index (χ2n) is 8.73. The number of hydrogen-bond acceptors (Lipinski definition) is 4. The lowest BCUT2D eigenvalue weighted by molar-refractivity contribution is -0.127. The molecule has 2 aromatic carbocycles. The van der Waals surface area contributed by atoms with Crippen molar-refractivity contribution in [2.24, 2.45) is 0 Å². The molecule has 7 heteroatoms. The molecular formula is C28H29N3O3S. The standard InChI is InChI=1S/C28H29N3O3S/c1-6-21-12-7-8-13-23(21)31-19(4)14-22(20(31)5)15-24-27(33)30(28(34)35-24)16-25(32)29-26-17(2)10-9-11-18(26)3/h7-15H,6,16H2,1-5H3,(H,29,32). The predicted molar refractivity (Wildman–Crippen MR) is 142 cm³/mol. The van der Waals surface area contributed by atoms with E-state index >= 15 is 0 Å². The van der Waals surface area contributed by atoms with E-state index in [0.717, 1.165) is 56.8 Å². The zero-order valence-corrected chi connectivity index (χ0v) is 21.5. The molecule has 3 aromatic rings. The molecule has 0 bridgehead atoms. The summed E-state index contributed by atoms with van der Waals surface area (Å²) in [6.07, 6.45) is 2.66. The SMILES string of the molecule is CCc1ccccc1-n1c(C)cc(C=C2SC(=O)N(CC(=O)Nc3c(C)cccc3C)C2=O)c1C. The maximum atomic E-state index is 13.0. The highest BCUT2D eigenvalue weighted by Crippen LogP contribution is 2.34. The third kappa shape index (κ3) is 4.82. The minimum atomic E-state index is -0.449. The summed E-state index contributed by atoms with van der Waals surface area (Å²) in [6.45, 7) is 9.65. The van der Waals surface area contributed by atoms with Crippen LogP contribution >= 0.6 is 11.8 Å². The maximum Gasteiger partial charge on any atom is 0.294 e. The molecule has 0 aliphatic carbocycles. The van der Waals surface area contributed by atoms with Crippen molar-refractivity contribution in [3.8, 4) is 5.69 Å².